The zero-order valence-electron chi connectivity index (χ0n) is 9.55. The van der Waals surface area contributed by atoms with Crippen molar-refractivity contribution in [2.75, 3.05) is 19.7 Å². The summed E-state index contributed by atoms with van der Waals surface area (Å²) in [5, 5.41) is 2.95. The van der Waals surface area contributed by atoms with Crippen molar-refractivity contribution in [2.24, 2.45) is 10.7 Å². The lowest BCUT2D eigenvalue weighted by atomic mass is 10.3. The predicted octanol–water partition coefficient (Wildman–Crippen LogP) is 1.12. The van der Waals surface area contributed by atoms with Gasteiger partial charge in [0, 0.05) is 19.7 Å². The van der Waals surface area contributed by atoms with E-state index < -0.39 is 0 Å². The second-order valence-corrected chi connectivity index (χ2v) is 3.42. The Morgan fingerprint density at radius 2 is 2.14 bits per heavy atom. The number of hydrogen-bond acceptors (Lipinski definition) is 2. The number of unbranched alkanes of at least 4 members (excludes halogenated alkanes) is 1. The maximum Gasteiger partial charge on any atom is 0.188 e. The lowest BCUT2D eigenvalue weighted by molar-refractivity contribution is 0.0764. The van der Waals surface area contributed by atoms with Gasteiger partial charge >= 0.3 is 0 Å². The van der Waals surface area contributed by atoms with E-state index in [2.05, 4.69) is 10.3 Å². The summed E-state index contributed by atoms with van der Waals surface area (Å²) < 4.78 is 5.40. The minimum absolute atomic E-state index is 0.324. The lowest BCUT2D eigenvalue weighted by Crippen LogP contribution is -2.31. The molecule has 0 aromatic rings. The Labute approximate surface area is 86.9 Å². The summed E-state index contributed by atoms with van der Waals surface area (Å²) >= 11 is 0. The Morgan fingerprint density at radius 1 is 1.43 bits per heavy atom. The van der Waals surface area contributed by atoms with E-state index >= 15 is 0 Å². The second kappa shape index (κ2) is 8.81. The number of hydrogen-bond donors (Lipinski definition) is 2. The lowest BCUT2D eigenvalue weighted by Gasteiger charge is -2.06. The monoisotopic (exact) mass is 201 g/mol. The fraction of sp³-hybridized carbons (Fsp3) is 0.900. The largest absolute Gasteiger partial charge is 0.379 e. The molecule has 0 atom stereocenters. The number of nitrogens with zero attached hydrogens (tertiary/aromatic N) is 1. The van der Waals surface area contributed by atoms with Crippen LogP contribution in [0.15, 0.2) is 4.99 Å². The molecule has 84 valence electrons. The Bertz CT molecular complexity index is 157. The van der Waals surface area contributed by atoms with Crippen molar-refractivity contribution in [3.05, 3.63) is 0 Å². The summed E-state index contributed by atoms with van der Waals surface area (Å²) in [7, 11) is 0. The van der Waals surface area contributed by atoms with E-state index in [1.54, 1.807) is 0 Å². The third kappa shape index (κ3) is 9.32. The molecule has 4 heteroatoms. The van der Waals surface area contributed by atoms with Gasteiger partial charge in [0.1, 0.15) is 0 Å². The first kappa shape index (κ1) is 13.2. The molecular weight excluding hydrogens is 178 g/mol. The first-order valence-electron chi connectivity index (χ1n) is 5.32. The molecule has 0 aromatic carbocycles. The van der Waals surface area contributed by atoms with Crippen LogP contribution in [0.5, 0.6) is 0 Å². The molecule has 0 aliphatic carbocycles. The van der Waals surface area contributed by atoms with Crippen LogP contribution >= 0.6 is 0 Å². The van der Waals surface area contributed by atoms with E-state index in [0.717, 1.165) is 32.5 Å². The van der Waals surface area contributed by atoms with E-state index in [4.69, 9.17) is 10.5 Å². The van der Waals surface area contributed by atoms with Gasteiger partial charge in [-0.2, -0.15) is 0 Å². The highest BCUT2D eigenvalue weighted by Gasteiger charge is 1.93. The zero-order chi connectivity index (χ0) is 10.8. The molecule has 14 heavy (non-hydrogen) atoms. The van der Waals surface area contributed by atoms with Crippen LogP contribution < -0.4 is 11.1 Å². The van der Waals surface area contributed by atoms with Crippen LogP contribution in [-0.2, 0) is 4.74 Å². The summed E-state index contributed by atoms with van der Waals surface area (Å²) in [5.74, 6) is 0.539. The van der Waals surface area contributed by atoms with Crippen LogP contribution in [0.2, 0.25) is 0 Å². The minimum atomic E-state index is 0.324. The topological polar surface area (TPSA) is 59.6 Å². The van der Waals surface area contributed by atoms with Crippen molar-refractivity contribution < 1.29 is 4.74 Å². The highest BCUT2D eigenvalue weighted by atomic mass is 16.5. The molecule has 0 heterocycles. The van der Waals surface area contributed by atoms with Crippen LogP contribution in [0.25, 0.3) is 0 Å². The van der Waals surface area contributed by atoms with Crippen molar-refractivity contribution in [2.45, 2.75) is 39.7 Å². The summed E-state index contributed by atoms with van der Waals surface area (Å²) in [6.07, 6.45) is 2.39. The van der Waals surface area contributed by atoms with Crippen molar-refractivity contribution in [3.63, 3.8) is 0 Å². The predicted molar refractivity (Wildman–Crippen MR) is 60.5 cm³/mol. The number of aliphatic imine (C=N–C) groups is 1. The minimum Gasteiger partial charge on any atom is -0.379 e. The molecule has 0 unspecified atom stereocenters. The van der Waals surface area contributed by atoms with E-state index in [9.17, 15) is 0 Å². The summed E-state index contributed by atoms with van der Waals surface area (Å²) in [6, 6.07) is 0. The molecule has 0 radical (unpaired) electrons. The van der Waals surface area contributed by atoms with E-state index in [0.29, 0.717) is 12.1 Å². The van der Waals surface area contributed by atoms with E-state index in [1.807, 2.05) is 20.8 Å². The molecule has 0 amide bonds. The van der Waals surface area contributed by atoms with Gasteiger partial charge in [-0.25, -0.2) is 0 Å². The summed E-state index contributed by atoms with van der Waals surface area (Å²) in [4.78, 5) is 4.16. The average Bonchev–Trinajstić information content (AvgIpc) is 2.11. The highest BCUT2D eigenvalue weighted by Crippen LogP contribution is 1.94. The molecule has 0 bridgehead atoms. The molecule has 0 spiro atoms. The Kier molecular flexibility index (Phi) is 8.33. The molecule has 0 fully saturated rings. The Hall–Kier alpha value is -0.770. The number of nitrogens with two attached hydrogens (primary N) is 1. The molecule has 0 aliphatic rings. The molecule has 0 rings (SSSR count). The zero-order valence-corrected chi connectivity index (χ0v) is 9.55. The van der Waals surface area contributed by atoms with Gasteiger partial charge in [-0.3, -0.25) is 4.99 Å². The Balaban J connectivity index is 3.24. The number of ether oxygens (including phenoxy) is 1. The average molecular weight is 201 g/mol. The standard InChI is InChI=1S/C10H23N3O/c1-4-12-10(11)13-7-5-6-8-14-9(2)3/h9H,4-8H2,1-3H3,(H3,11,12,13). The van der Waals surface area contributed by atoms with Crippen LogP contribution in [0, 0.1) is 0 Å². The normalized spacial score (nSPS) is 12.1. The molecule has 0 saturated carbocycles. The SMILES string of the molecule is CCNC(N)=NCCCCOC(C)C. The summed E-state index contributed by atoms with van der Waals surface area (Å²) in [5.41, 5.74) is 5.55. The van der Waals surface area contributed by atoms with Crippen LogP contribution in [0.3, 0.4) is 0 Å². The van der Waals surface area contributed by atoms with E-state index in [1.165, 1.54) is 0 Å². The molecule has 4 nitrogen and oxygen atoms in total. The molecular formula is C10H23N3O. The van der Waals surface area contributed by atoms with Crippen molar-refractivity contribution >= 4 is 5.96 Å². The second-order valence-electron chi connectivity index (χ2n) is 3.42. The van der Waals surface area contributed by atoms with Crippen molar-refractivity contribution in [1.29, 1.82) is 0 Å². The quantitative estimate of drug-likeness (QED) is 0.368. The molecule has 0 aliphatic heterocycles. The van der Waals surface area contributed by atoms with E-state index in [-0.39, 0.29) is 0 Å². The fourth-order valence-electron chi connectivity index (χ4n) is 0.969. The van der Waals surface area contributed by atoms with Crippen molar-refractivity contribution in [1.82, 2.24) is 5.32 Å². The van der Waals surface area contributed by atoms with Gasteiger partial charge in [0.2, 0.25) is 0 Å². The smallest absolute Gasteiger partial charge is 0.188 e. The number of nitrogens with one attached hydrogen (secondary N) is 1. The molecule has 0 saturated heterocycles. The Morgan fingerprint density at radius 3 is 2.71 bits per heavy atom. The van der Waals surface area contributed by atoms with Gasteiger partial charge in [0.25, 0.3) is 0 Å². The number of rotatable bonds is 7. The maximum atomic E-state index is 5.55. The molecule has 3 N–H and O–H groups in total. The highest BCUT2D eigenvalue weighted by molar-refractivity contribution is 5.77. The first-order valence-corrected chi connectivity index (χ1v) is 5.32. The van der Waals surface area contributed by atoms with Gasteiger partial charge in [0.15, 0.2) is 5.96 Å². The van der Waals surface area contributed by atoms with Gasteiger partial charge in [-0.05, 0) is 33.6 Å². The first-order chi connectivity index (χ1) is 6.66. The third-order valence-electron chi connectivity index (χ3n) is 1.64. The third-order valence-corrected chi connectivity index (χ3v) is 1.64. The fourth-order valence-corrected chi connectivity index (χ4v) is 0.969. The van der Waals surface area contributed by atoms with Gasteiger partial charge in [0.05, 0.1) is 6.10 Å². The van der Waals surface area contributed by atoms with Gasteiger partial charge in [-0.15, -0.1) is 0 Å². The molecule has 0 aromatic heterocycles. The van der Waals surface area contributed by atoms with Crippen LogP contribution in [0.4, 0.5) is 0 Å². The van der Waals surface area contributed by atoms with Crippen LogP contribution in [0.1, 0.15) is 33.6 Å². The number of guanidine groups is 1. The van der Waals surface area contributed by atoms with Gasteiger partial charge in [-0.1, -0.05) is 0 Å². The maximum absolute atomic E-state index is 5.55. The summed E-state index contributed by atoms with van der Waals surface area (Å²) in [6.45, 7) is 8.50. The van der Waals surface area contributed by atoms with Crippen LogP contribution in [-0.4, -0.2) is 31.8 Å². The van der Waals surface area contributed by atoms with Gasteiger partial charge < -0.3 is 15.8 Å². The van der Waals surface area contributed by atoms with Crippen molar-refractivity contribution in [3.8, 4) is 0 Å².